The lowest BCUT2D eigenvalue weighted by Gasteiger charge is -2.11. The molecule has 24 heavy (non-hydrogen) atoms. The highest BCUT2D eigenvalue weighted by Gasteiger charge is 2.14. The van der Waals surface area contributed by atoms with Gasteiger partial charge in [-0.25, -0.2) is 15.0 Å². The molecule has 0 spiro atoms. The van der Waals surface area contributed by atoms with Crippen LogP contribution < -0.4 is 0 Å². The summed E-state index contributed by atoms with van der Waals surface area (Å²) in [6.07, 6.45) is 1.83. The van der Waals surface area contributed by atoms with Crippen LogP contribution in [0.2, 0.25) is 5.02 Å². The Kier molecular flexibility index (Phi) is 3.54. The van der Waals surface area contributed by atoms with Crippen molar-refractivity contribution < 1.29 is 0 Å². The molecule has 2 aromatic heterocycles. The van der Waals surface area contributed by atoms with E-state index in [4.69, 9.17) is 21.6 Å². The first-order valence-electron chi connectivity index (χ1n) is 7.67. The lowest BCUT2D eigenvalue weighted by molar-refractivity contribution is 0.869. The van der Waals surface area contributed by atoms with Crippen LogP contribution in [0.3, 0.4) is 0 Å². The van der Waals surface area contributed by atoms with Crippen molar-refractivity contribution in [1.82, 2.24) is 19.5 Å². The van der Waals surface area contributed by atoms with E-state index in [-0.39, 0.29) is 0 Å². The van der Waals surface area contributed by atoms with Crippen molar-refractivity contribution in [3.63, 3.8) is 0 Å². The molecule has 0 N–H and O–H groups in total. The minimum Gasteiger partial charge on any atom is -0.269 e. The Balaban J connectivity index is 2.07. The van der Waals surface area contributed by atoms with Crippen LogP contribution in [0.4, 0.5) is 0 Å². The van der Waals surface area contributed by atoms with E-state index >= 15 is 0 Å². The standard InChI is InChI=1S/C19H15ClN4/c1-12-11-21-13(2)24(12)19-22-17-9-8-15(20)10-16(17)18(23-19)14-6-4-3-5-7-14/h3-11H,1-2H3. The lowest BCUT2D eigenvalue weighted by atomic mass is 10.1. The maximum Gasteiger partial charge on any atom is 0.236 e. The number of hydrogen-bond acceptors (Lipinski definition) is 3. The van der Waals surface area contributed by atoms with Gasteiger partial charge in [-0.3, -0.25) is 4.57 Å². The van der Waals surface area contributed by atoms with Crippen LogP contribution in [-0.4, -0.2) is 19.5 Å². The van der Waals surface area contributed by atoms with Gasteiger partial charge in [-0.1, -0.05) is 41.9 Å². The van der Waals surface area contributed by atoms with Gasteiger partial charge in [0.2, 0.25) is 5.95 Å². The lowest BCUT2D eigenvalue weighted by Crippen LogP contribution is -2.06. The van der Waals surface area contributed by atoms with Gasteiger partial charge in [0.25, 0.3) is 0 Å². The summed E-state index contributed by atoms with van der Waals surface area (Å²) in [6, 6.07) is 15.8. The van der Waals surface area contributed by atoms with E-state index in [1.165, 1.54) is 0 Å². The van der Waals surface area contributed by atoms with Crippen molar-refractivity contribution in [2.75, 3.05) is 0 Å². The number of fused-ring (bicyclic) bond motifs is 1. The normalized spacial score (nSPS) is 11.1. The second kappa shape index (κ2) is 5.73. The minimum atomic E-state index is 0.621. The Labute approximate surface area is 144 Å². The molecule has 4 rings (SSSR count). The second-order valence-corrected chi connectivity index (χ2v) is 6.12. The molecule has 2 aromatic carbocycles. The van der Waals surface area contributed by atoms with E-state index in [1.54, 1.807) is 0 Å². The van der Waals surface area contributed by atoms with Crippen molar-refractivity contribution in [2.24, 2.45) is 0 Å². The fraction of sp³-hybridized carbons (Fsp3) is 0.105. The molecule has 5 heteroatoms. The number of aromatic nitrogens is 4. The van der Waals surface area contributed by atoms with Gasteiger partial charge in [-0.05, 0) is 32.0 Å². The summed E-state index contributed by atoms with van der Waals surface area (Å²) >= 11 is 6.20. The zero-order valence-electron chi connectivity index (χ0n) is 13.4. The third-order valence-corrected chi connectivity index (χ3v) is 4.24. The predicted octanol–water partition coefficient (Wildman–Crippen LogP) is 4.75. The zero-order chi connectivity index (χ0) is 16.7. The fourth-order valence-electron chi connectivity index (χ4n) is 2.86. The van der Waals surface area contributed by atoms with Crippen LogP contribution in [0.25, 0.3) is 28.1 Å². The number of nitrogens with zero attached hydrogens (tertiary/aromatic N) is 4. The van der Waals surface area contributed by atoms with E-state index in [9.17, 15) is 0 Å². The Morgan fingerprint density at radius 2 is 1.75 bits per heavy atom. The molecule has 0 saturated heterocycles. The van der Waals surface area contributed by atoms with E-state index < -0.39 is 0 Å². The van der Waals surface area contributed by atoms with Gasteiger partial charge in [0.05, 0.1) is 11.2 Å². The van der Waals surface area contributed by atoms with Crippen molar-refractivity contribution in [3.8, 4) is 17.2 Å². The molecule has 0 saturated carbocycles. The molecule has 118 valence electrons. The Bertz CT molecular complexity index is 1020. The molecule has 0 radical (unpaired) electrons. The van der Waals surface area contributed by atoms with E-state index in [0.29, 0.717) is 11.0 Å². The molecule has 4 aromatic rings. The topological polar surface area (TPSA) is 43.6 Å². The zero-order valence-corrected chi connectivity index (χ0v) is 14.1. The van der Waals surface area contributed by atoms with E-state index in [1.807, 2.05) is 73.1 Å². The maximum atomic E-state index is 6.20. The summed E-state index contributed by atoms with van der Waals surface area (Å²) < 4.78 is 1.96. The maximum absolute atomic E-state index is 6.20. The van der Waals surface area contributed by atoms with Crippen LogP contribution in [0, 0.1) is 13.8 Å². The predicted molar refractivity (Wildman–Crippen MR) is 96.6 cm³/mol. The molecular weight excluding hydrogens is 320 g/mol. The largest absolute Gasteiger partial charge is 0.269 e. The van der Waals surface area contributed by atoms with Gasteiger partial charge in [0.15, 0.2) is 0 Å². The smallest absolute Gasteiger partial charge is 0.236 e. The monoisotopic (exact) mass is 334 g/mol. The average Bonchev–Trinajstić information content (AvgIpc) is 2.93. The first-order chi connectivity index (χ1) is 11.6. The summed E-state index contributed by atoms with van der Waals surface area (Å²) in [6.45, 7) is 3.95. The number of imidazole rings is 1. The Morgan fingerprint density at radius 1 is 0.958 bits per heavy atom. The molecule has 0 aliphatic rings. The molecule has 0 bridgehead atoms. The fourth-order valence-corrected chi connectivity index (χ4v) is 3.04. The molecule has 0 fully saturated rings. The highest BCUT2D eigenvalue weighted by atomic mass is 35.5. The first kappa shape index (κ1) is 14.8. The van der Waals surface area contributed by atoms with Crippen molar-refractivity contribution in [1.29, 1.82) is 0 Å². The third-order valence-electron chi connectivity index (χ3n) is 4.01. The molecule has 0 atom stereocenters. The number of halogens is 1. The van der Waals surface area contributed by atoms with Gasteiger partial charge in [-0.15, -0.1) is 0 Å². The number of benzene rings is 2. The van der Waals surface area contributed by atoms with Crippen molar-refractivity contribution >= 4 is 22.5 Å². The summed E-state index contributed by atoms with van der Waals surface area (Å²) in [7, 11) is 0. The molecular formula is C19H15ClN4. The van der Waals surface area contributed by atoms with Crippen LogP contribution in [0.1, 0.15) is 11.5 Å². The van der Waals surface area contributed by atoms with Gasteiger partial charge in [0, 0.05) is 27.9 Å². The second-order valence-electron chi connectivity index (χ2n) is 5.68. The van der Waals surface area contributed by atoms with E-state index in [0.717, 1.165) is 33.7 Å². The van der Waals surface area contributed by atoms with Gasteiger partial charge in [0.1, 0.15) is 5.82 Å². The molecule has 0 unspecified atom stereocenters. The van der Waals surface area contributed by atoms with Crippen LogP contribution in [0.15, 0.2) is 54.7 Å². The minimum absolute atomic E-state index is 0.621. The van der Waals surface area contributed by atoms with Gasteiger partial charge < -0.3 is 0 Å². The quantitative estimate of drug-likeness (QED) is 0.531. The summed E-state index contributed by atoms with van der Waals surface area (Å²) in [4.78, 5) is 13.9. The summed E-state index contributed by atoms with van der Waals surface area (Å²) in [5.74, 6) is 1.48. The van der Waals surface area contributed by atoms with Crippen molar-refractivity contribution in [2.45, 2.75) is 13.8 Å². The number of aryl methyl sites for hydroxylation is 2. The number of rotatable bonds is 2. The highest BCUT2D eigenvalue weighted by molar-refractivity contribution is 6.31. The summed E-state index contributed by atoms with van der Waals surface area (Å²) in [5.41, 5.74) is 3.75. The summed E-state index contributed by atoms with van der Waals surface area (Å²) in [5, 5.41) is 1.61. The van der Waals surface area contributed by atoms with Gasteiger partial charge in [-0.2, -0.15) is 0 Å². The highest BCUT2D eigenvalue weighted by Crippen LogP contribution is 2.29. The molecule has 0 aliphatic carbocycles. The number of hydrogen-bond donors (Lipinski definition) is 0. The molecule has 0 amide bonds. The molecule has 0 aliphatic heterocycles. The third kappa shape index (κ3) is 2.45. The van der Waals surface area contributed by atoms with Gasteiger partial charge >= 0.3 is 0 Å². The Hall–Kier alpha value is -2.72. The average molecular weight is 335 g/mol. The SMILES string of the molecule is Cc1cnc(C)n1-c1nc(-c2ccccc2)c2cc(Cl)ccc2n1. The van der Waals surface area contributed by atoms with Crippen LogP contribution in [0.5, 0.6) is 0 Å². The molecule has 2 heterocycles. The molecule has 4 nitrogen and oxygen atoms in total. The van der Waals surface area contributed by atoms with Crippen LogP contribution in [-0.2, 0) is 0 Å². The van der Waals surface area contributed by atoms with E-state index in [2.05, 4.69) is 4.98 Å². The Morgan fingerprint density at radius 3 is 2.46 bits per heavy atom. The first-order valence-corrected chi connectivity index (χ1v) is 8.05. The van der Waals surface area contributed by atoms with Crippen LogP contribution >= 0.6 is 11.6 Å². The van der Waals surface area contributed by atoms with Crippen molar-refractivity contribution in [3.05, 3.63) is 71.3 Å².